The Hall–Kier alpha value is -0.120. The van der Waals surface area contributed by atoms with Crippen molar-refractivity contribution in [1.82, 2.24) is 10.2 Å². The van der Waals surface area contributed by atoms with Crippen molar-refractivity contribution < 1.29 is 4.74 Å². The molecule has 2 rings (SSSR count). The Morgan fingerprint density at radius 1 is 1.14 bits per heavy atom. The van der Waals surface area contributed by atoms with Crippen LogP contribution >= 0.6 is 0 Å². The predicted molar refractivity (Wildman–Crippen MR) is 57.5 cm³/mol. The maximum atomic E-state index is 5.47. The molecule has 14 heavy (non-hydrogen) atoms. The Balaban J connectivity index is 1.71. The highest BCUT2D eigenvalue weighted by Crippen LogP contribution is 2.10. The van der Waals surface area contributed by atoms with Crippen molar-refractivity contribution in [3.05, 3.63) is 0 Å². The van der Waals surface area contributed by atoms with Gasteiger partial charge in [-0.15, -0.1) is 0 Å². The summed E-state index contributed by atoms with van der Waals surface area (Å²) in [6.07, 6.45) is 5.61. The monoisotopic (exact) mass is 198 g/mol. The quantitative estimate of drug-likeness (QED) is 0.712. The van der Waals surface area contributed by atoms with Crippen LogP contribution in [0.1, 0.15) is 25.7 Å². The third-order valence-corrected chi connectivity index (χ3v) is 3.18. The molecule has 2 fully saturated rings. The summed E-state index contributed by atoms with van der Waals surface area (Å²) in [5, 5.41) is 3.52. The van der Waals surface area contributed by atoms with Crippen molar-refractivity contribution in [2.24, 2.45) is 0 Å². The summed E-state index contributed by atoms with van der Waals surface area (Å²) in [5.41, 5.74) is 0. The summed E-state index contributed by atoms with van der Waals surface area (Å²) in [6.45, 7) is 6.57. The minimum atomic E-state index is 0.571. The molecule has 0 aromatic rings. The number of ether oxygens (including phenoxy) is 1. The van der Waals surface area contributed by atoms with Gasteiger partial charge in [0.2, 0.25) is 0 Å². The molecule has 0 spiro atoms. The third kappa shape index (κ3) is 3.23. The molecular weight excluding hydrogens is 176 g/mol. The molecule has 0 saturated carbocycles. The van der Waals surface area contributed by atoms with Crippen LogP contribution in [-0.2, 0) is 4.74 Å². The maximum absolute atomic E-state index is 5.47. The van der Waals surface area contributed by atoms with Gasteiger partial charge in [0, 0.05) is 19.1 Å². The molecule has 0 bridgehead atoms. The number of rotatable bonds is 2. The zero-order valence-corrected chi connectivity index (χ0v) is 9.00. The molecule has 82 valence electrons. The fourth-order valence-corrected chi connectivity index (χ4v) is 2.37. The van der Waals surface area contributed by atoms with Gasteiger partial charge in [-0.1, -0.05) is 12.8 Å². The number of hydrogen-bond donors (Lipinski definition) is 1. The normalized spacial score (nSPS) is 31.3. The standard InChI is InChI=1S/C11H22N2O/c1-2-4-7-13(6-3-1)9-11-10-14-8-5-12-11/h11-12H,1-10H2. The Bertz CT molecular complexity index is 149. The summed E-state index contributed by atoms with van der Waals surface area (Å²) in [7, 11) is 0. The highest BCUT2D eigenvalue weighted by Gasteiger charge is 2.17. The smallest absolute Gasteiger partial charge is 0.0632 e. The second-order valence-electron chi connectivity index (χ2n) is 4.44. The zero-order valence-electron chi connectivity index (χ0n) is 9.00. The minimum absolute atomic E-state index is 0.571. The SMILES string of the molecule is C1CCCN(CC2COCCN2)CC1. The topological polar surface area (TPSA) is 24.5 Å². The largest absolute Gasteiger partial charge is 0.378 e. The summed E-state index contributed by atoms with van der Waals surface area (Å²) in [5.74, 6) is 0. The average molecular weight is 198 g/mol. The van der Waals surface area contributed by atoms with Gasteiger partial charge in [0.15, 0.2) is 0 Å². The number of nitrogens with one attached hydrogen (secondary N) is 1. The van der Waals surface area contributed by atoms with Gasteiger partial charge in [0.05, 0.1) is 13.2 Å². The number of nitrogens with zero attached hydrogens (tertiary/aromatic N) is 1. The lowest BCUT2D eigenvalue weighted by Crippen LogP contribution is -2.48. The van der Waals surface area contributed by atoms with Gasteiger partial charge in [-0.2, -0.15) is 0 Å². The lowest BCUT2D eigenvalue weighted by atomic mass is 10.2. The van der Waals surface area contributed by atoms with Crippen LogP contribution in [0.15, 0.2) is 0 Å². The van der Waals surface area contributed by atoms with Gasteiger partial charge in [0.25, 0.3) is 0 Å². The van der Waals surface area contributed by atoms with Crippen molar-refractivity contribution in [2.45, 2.75) is 31.7 Å². The van der Waals surface area contributed by atoms with Crippen molar-refractivity contribution in [1.29, 1.82) is 0 Å². The Labute approximate surface area is 86.8 Å². The molecule has 2 aliphatic heterocycles. The van der Waals surface area contributed by atoms with Crippen LogP contribution in [0.2, 0.25) is 0 Å². The van der Waals surface area contributed by atoms with E-state index in [1.54, 1.807) is 0 Å². The van der Waals surface area contributed by atoms with Gasteiger partial charge < -0.3 is 15.0 Å². The van der Waals surface area contributed by atoms with Crippen LogP contribution in [0.5, 0.6) is 0 Å². The lowest BCUT2D eigenvalue weighted by molar-refractivity contribution is 0.0623. The molecule has 0 amide bonds. The van der Waals surface area contributed by atoms with E-state index >= 15 is 0 Å². The van der Waals surface area contributed by atoms with Gasteiger partial charge in [-0.25, -0.2) is 0 Å². The van der Waals surface area contributed by atoms with E-state index in [4.69, 9.17) is 4.74 Å². The summed E-state index contributed by atoms with van der Waals surface area (Å²) in [6, 6.07) is 0.571. The number of hydrogen-bond acceptors (Lipinski definition) is 3. The molecule has 0 aromatic heterocycles. The minimum Gasteiger partial charge on any atom is -0.378 e. The van der Waals surface area contributed by atoms with E-state index in [-0.39, 0.29) is 0 Å². The molecule has 2 aliphatic rings. The first-order chi connectivity index (χ1) is 6.95. The first kappa shape index (κ1) is 10.4. The molecule has 3 nitrogen and oxygen atoms in total. The number of likely N-dealkylation sites (tertiary alicyclic amines) is 1. The van der Waals surface area contributed by atoms with Crippen molar-refractivity contribution in [2.75, 3.05) is 39.4 Å². The average Bonchev–Trinajstić information content (AvgIpc) is 2.48. The van der Waals surface area contributed by atoms with Crippen molar-refractivity contribution in [3.8, 4) is 0 Å². The summed E-state index contributed by atoms with van der Waals surface area (Å²) >= 11 is 0. The van der Waals surface area contributed by atoms with Crippen LogP contribution in [-0.4, -0.2) is 50.3 Å². The van der Waals surface area contributed by atoms with Crippen LogP contribution < -0.4 is 5.32 Å². The predicted octanol–water partition coefficient (Wildman–Crippen LogP) is 0.851. The van der Waals surface area contributed by atoms with E-state index in [0.29, 0.717) is 6.04 Å². The lowest BCUT2D eigenvalue weighted by Gasteiger charge is -2.29. The van der Waals surface area contributed by atoms with Crippen LogP contribution in [0.4, 0.5) is 0 Å². The van der Waals surface area contributed by atoms with Gasteiger partial charge in [-0.05, 0) is 25.9 Å². The van der Waals surface area contributed by atoms with E-state index < -0.39 is 0 Å². The zero-order chi connectivity index (χ0) is 9.64. The molecule has 1 atom stereocenters. The Kier molecular flexibility index (Phi) is 4.22. The third-order valence-electron chi connectivity index (χ3n) is 3.18. The van der Waals surface area contributed by atoms with Gasteiger partial charge in [0.1, 0.15) is 0 Å². The van der Waals surface area contributed by atoms with E-state index in [0.717, 1.165) is 19.8 Å². The van der Waals surface area contributed by atoms with E-state index in [9.17, 15) is 0 Å². The second kappa shape index (κ2) is 5.69. The molecule has 1 N–H and O–H groups in total. The van der Waals surface area contributed by atoms with Crippen LogP contribution in [0.3, 0.4) is 0 Å². The maximum Gasteiger partial charge on any atom is 0.0632 e. The van der Waals surface area contributed by atoms with Crippen LogP contribution in [0.25, 0.3) is 0 Å². The molecule has 3 heteroatoms. The van der Waals surface area contributed by atoms with Crippen LogP contribution in [0, 0.1) is 0 Å². The second-order valence-corrected chi connectivity index (χ2v) is 4.44. The van der Waals surface area contributed by atoms with E-state index in [1.807, 2.05) is 0 Å². The van der Waals surface area contributed by atoms with E-state index in [1.165, 1.54) is 45.3 Å². The van der Waals surface area contributed by atoms with Gasteiger partial charge in [-0.3, -0.25) is 0 Å². The number of morpholine rings is 1. The van der Waals surface area contributed by atoms with E-state index in [2.05, 4.69) is 10.2 Å². The highest BCUT2D eigenvalue weighted by atomic mass is 16.5. The first-order valence-corrected chi connectivity index (χ1v) is 5.98. The fourth-order valence-electron chi connectivity index (χ4n) is 2.37. The highest BCUT2D eigenvalue weighted by molar-refractivity contribution is 4.75. The molecule has 1 unspecified atom stereocenters. The molecular formula is C11H22N2O. The molecule has 0 radical (unpaired) electrons. The Morgan fingerprint density at radius 2 is 1.93 bits per heavy atom. The summed E-state index contributed by atoms with van der Waals surface area (Å²) < 4.78 is 5.47. The molecule has 0 aliphatic carbocycles. The molecule has 0 aromatic carbocycles. The van der Waals surface area contributed by atoms with Gasteiger partial charge >= 0.3 is 0 Å². The van der Waals surface area contributed by atoms with Crippen molar-refractivity contribution in [3.63, 3.8) is 0 Å². The molecule has 2 heterocycles. The fraction of sp³-hybridized carbons (Fsp3) is 1.00. The summed E-state index contributed by atoms with van der Waals surface area (Å²) in [4.78, 5) is 2.60. The first-order valence-electron chi connectivity index (χ1n) is 5.98. The molecule has 2 saturated heterocycles. The Morgan fingerprint density at radius 3 is 2.57 bits per heavy atom. The van der Waals surface area contributed by atoms with Crippen molar-refractivity contribution >= 4 is 0 Å².